The summed E-state index contributed by atoms with van der Waals surface area (Å²) >= 11 is 0. The first-order chi connectivity index (χ1) is 12.7. The molecule has 5 nitrogen and oxygen atoms in total. The minimum Gasteiger partial charge on any atom is -0.350 e. The lowest BCUT2D eigenvalue weighted by Gasteiger charge is -2.17. The summed E-state index contributed by atoms with van der Waals surface area (Å²) in [6, 6.07) is 17.9. The minimum absolute atomic E-state index is 0.0871. The molecule has 1 amide bonds. The molecule has 1 aromatic heterocycles. The number of anilines is 2. The first-order valence-corrected chi connectivity index (χ1v) is 8.73. The second-order valence-corrected chi connectivity index (χ2v) is 6.44. The first-order valence-electron chi connectivity index (χ1n) is 8.73. The maximum atomic E-state index is 12.9. The Balaban J connectivity index is 1.50. The average molecular weight is 344 g/mol. The molecule has 0 radical (unpaired) electrons. The van der Waals surface area contributed by atoms with Crippen LogP contribution in [0.15, 0.2) is 60.8 Å². The lowest BCUT2D eigenvalue weighted by Crippen LogP contribution is -2.29. The Bertz CT molecular complexity index is 954. The number of fused-ring (bicyclic) bond motifs is 1. The van der Waals surface area contributed by atoms with Crippen molar-refractivity contribution in [1.82, 2.24) is 9.97 Å². The van der Waals surface area contributed by atoms with Crippen LogP contribution in [0.25, 0.3) is 0 Å². The SMILES string of the molecule is Cc1cccc(CNc2nccc(C(=O)N3CCc4ccccc43)n2)c1. The molecule has 0 unspecified atom stereocenters. The highest BCUT2D eigenvalue weighted by atomic mass is 16.2. The van der Waals surface area contributed by atoms with Gasteiger partial charge < -0.3 is 10.2 Å². The Hall–Kier alpha value is -3.21. The maximum Gasteiger partial charge on any atom is 0.277 e. The molecule has 0 fully saturated rings. The molecule has 5 heteroatoms. The minimum atomic E-state index is -0.0871. The summed E-state index contributed by atoms with van der Waals surface area (Å²) < 4.78 is 0. The molecule has 0 bridgehead atoms. The normalized spacial score (nSPS) is 12.7. The van der Waals surface area contributed by atoms with Crippen LogP contribution in [0.5, 0.6) is 0 Å². The molecule has 2 heterocycles. The highest BCUT2D eigenvalue weighted by molar-refractivity contribution is 6.06. The second kappa shape index (κ2) is 6.96. The highest BCUT2D eigenvalue weighted by Crippen LogP contribution is 2.28. The van der Waals surface area contributed by atoms with Crippen LogP contribution in [0, 0.1) is 6.92 Å². The number of hydrogen-bond donors (Lipinski definition) is 1. The second-order valence-electron chi connectivity index (χ2n) is 6.44. The fraction of sp³-hybridized carbons (Fsp3) is 0.190. The van der Waals surface area contributed by atoms with Crippen molar-refractivity contribution >= 4 is 17.5 Å². The zero-order valence-corrected chi connectivity index (χ0v) is 14.6. The van der Waals surface area contributed by atoms with E-state index in [0.29, 0.717) is 24.7 Å². The van der Waals surface area contributed by atoms with Gasteiger partial charge in [-0.25, -0.2) is 9.97 Å². The van der Waals surface area contributed by atoms with Crippen LogP contribution >= 0.6 is 0 Å². The van der Waals surface area contributed by atoms with E-state index in [0.717, 1.165) is 17.7 Å². The molecule has 4 rings (SSSR count). The molecule has 0 aliphatic carbocycles. The van der Waals surface area contributed by atoms with Crippen LogP contribution in [0.1, 0.15) is 27.2 Å². The van der Waals surface area contributed by atoms with E-state index in [4.69, 9.17) is 0 Å². The number of nitrogens with one attached hydrogen (secondary N) is 1. The smallest absolute Gasteiger partial charge is 0.277 e. The number of nitrogens with zero attached hydrogens (tertiary/aromatic N) is 3. The molecule has 0 saturated carbocycles. The van der Waals surface area contributed by atoms with Gasteiger partial charge in [0.05, 0.1) is 0 Å². The molecule has 0 saturated heterocycles. The molecule has 0 spiro atoms. The van der Waals surface area contributed by atoms with Gasteiger partial charge in [0, 0.05) is 25.0 Å². The van der Waals surface area contributed by atoms with Crippen LogP contribution in [0.4, 0.5) is 11.6 Å². The third-order valence-electron chi connectivity index (χ3n) is 4.54. The molecule has 1 aliphatic heterocycles. The number of carbonyl (C=O) groups excluding carboxylic acids is 1. The van der Waals surface area contributed by atoms with E-state index in [-0.39, 0.29) is 5.91 Å². The molecule has 3 aromatic rings. The molecule has 26 heavy (non-hydrogen) atoms. The standard InChI is InChI=1S/C21H20N4O/c1-15-5-4-6-16(13-15)14-23-21-22-11-9-18(24-21)20(26)25-12-10-17-7-2-3-8-19(17)25/h2-9,11,13H,10,12,14H2,1H3,(H,22,23,24). The summed E-state index contributed by atoms with van der Waals surface area (Å²) in [5.74, 6) is 0.376. The molecule has 1 N–H and O–H groups in total. The number of hydrogen-bond acceptors (Lipinski definition) is 4. The van der Waals surface area contributed by atoms with Gasteiger partial charge in [0.2, 0.25) is 5.95 Å². The van der Waals surface area contributed by atoms with Crippen molar-refractivity contribution in [2.75, 3.05) is 16.8 Å². The summed E-state index contributed by atoms with van der Waals surface area (Å²) in [5.41, 5.74) is 4.95. The number of aryl methyl sites for hydroxylation is 1. The van der Waals surface area contributed by atoms with Crippen LogP contribution in [0.3, 0.4) is 0 Å². The summed E-state index contributed by atoms with van der Waals surface area (Å²) in [6.07, 6.45) is 2.51. The maximum absolute atomic E-state index is 12.9. The monoisotopic (exact) mass is 344 g/mol. The highest BCUT2D eigenvalue weighted by Gasteiger charge is 2.26. The van der Waals surface area contributed by atoms with Crippen LogP contribution in [0.2, 0.25) is 0 Å². The van der Waals surface area contributed by atoms with E-state index < -0.39 is 0 Å². The first kappa shape index (κ1) is 16.3. The van der Waals surface area contributed by atoms with Gasteiger partial charge in [0.25, 0.3) is 5.91 Å². The number of amides is 1. The molecule has 0 atom stereocenters. The van der Waals surface area contributed by atoms with Crippen molar-refractivity contribution in [3.8, 4) is 0 Å². The lowest BCUT2D eigenvalue weighted by molar-refractivity contribution is 0.0984. The predicted molar refractivity (Wildman–Crippen MR) is 102 cm³/mol. The topological polar surface area (TPSA) is 58.1 Å². The molecule has 130 valence electrons. The number of aromatic nitrogens is 2. The molecular formula is C21H20N4O. The molecular weight excluding hydrogens is 324 g/mol. The van der Waals surface area contributed by atoms with Gasteiger partial charge in [-0.15, -0.1) is 0 Å². The van der Waals surface area contributed by atoms with E-state index in [1.165, 1.54) is 11.1 Å². The number of carbonyl (C=O) groups is 1. The van der Waals surface area contributed by atoms with Crippen molar-refractivity contribution in [1.29, 1.82) is 0 Å². The van der Waals surface area contributed by atoms with Gasteiger partial charge in [-0.1, -0.05) is 48.0 Å². The van der Waals surface area contributed by atoms with Crippen molar-refractivity contribution in [2.45, 2.75) is 19.9 Å². The zero-order valence-electron chi connectivity index (χ0n) is 14.6. The van der Waals surface area contributed by atoms with Gasteiger partial charge in [0.1, 0.15) is 5.69 Å². The number of rotatable bonds is 4. The van der Waals surface area contributed by atoms with Gasteiger partial charge >= 0.3 is 0 Å². The van der Waals surface area contributed by atoms with Crippen molar-refractivity contribution < 1.29 is 4.79 Å². The van der Waals surface area contributed by atoms with E-state index >= 15 is 0 Å². The van der Waals surface area contributed by atoms with E-state index in [2.05, 4.69) is 46.5 Å². The predicted octanol–water partition coefficient (Wildman–Crippen LogP) is 3.60. The Morgan fingerprint density at radius 3 is 2.92 bits per heavy atom. The number of para-hydroxylation sites is 1. The van der Waals surface area contributed by atoms with E-state index in [1.807, 2.05) is 24.3 Å². The van der Waals surface area contributed by atoms with Crippen LogP contribution in [-0.4, -0.2) is 22.4 Å². The summed E-state index contributed by atoms with van der Waals surface area (Å²) in [7, 11) is 0. The van der Waals surface area contributed by atoms with Gasteiger partial charge in [-0.05, 0) is 36.6 Å². The van der Waals surface area contributed by atoms with Crippen molar-refractivity contribution in [3.05, 3.63) is 83.2 Å². The van der Waals surface area contributed by atoms with Gasteiger partial charge in [-0.2, -0.15) is 0 Å². The van der Waals surface area contributed by atoms with E-state index in [9.17, 15) is 4.79 Å². The summed E-state index contributed by atoms with van der Waals surface area (Å²) in [4.78, 5) is 23.3. The molecule has 1 aliphatic rings. The largest absolute Gasteiger partial charge is 0.350 e. The molecule has 2 aromatic carbocycles. The Kier molecular flexibility index (Phi) is 4.35. The Morgan fingerprint density at radius 1 is 1.15 bits per heavy atom. The third kappa shape index (κ3) is 3.28. The van der Waals surface area contributed by atoms with E-state index in [1.54, 1.807) is 17.2 Å². The lowest BCUT2D eigenvalue weighted by atomic mass is 10.1. The van der Waals surface area contributed by atoms with Crippen LogP contribution < -0.4 is 10.2 Å². The summed E-state index contributed by atoms with van der Waals surface area (Å²) in [6.45, 7) is 3.37. The van der Waals surface area contributed by atoms with Crippen molar-refractivity contribution in [3.63, 3.8) is 0 Å². The summed E-state index contributed by atoms with van der Waals surface area (Å²) in [5, 5.41) is 3.20. The average Bonchev–Trinajstić information content (AvgIpc) is 3.10. The number of benzene rings is 2. The quantitative estimate of drug-likeness (QED) is 0.786. The van der Waals surface area contributed by atoms with Crippen molar-refractivity contribution in [2.24, 2.45) is 0 Å². The fourth-order valence-electron chi connectivity index (χ4n) is 3.25. The Morgan fingerprint density at radius 2 is 2.04 bits per heavy atom. The van der Waals surface area contributed by atoms with Gasteiger partial charge in [0.15, 0.2) is 0 Å². The van der Waals surface area contributed by atoms with Gasteiger partial charge in [-0.3, -0.25) is 4.79 Å². The fourth-order valence-corrected chi connectivity index (χ4v) is 3.25. The third-order valence-corrected chi connectivity index (χ3v) is 4.54. The van der Waals surface area contributed by atoms with Crippen LogP contribution in [-0.2, 0) is 13.0 Å². The zero-order chi connectivity index (χ0) is 17.9. The Labute approximate surface area is 152 Å².